The second kappa shape index (κ2) is 7.41. The summed E-state index contributed by atoms with van der Waals surface area (Å²) in [6.45, 7) is 0.277. The summed E-state index contributed by atoms with van der Waals surface area (Å²) in [6, 6.07) is 7.52. The molecule has 0 spiro atoms. The number of nitrogens with zero attached hydrogens (tertiary/aromatic N) is 1. The Bertz CT molecular complexity index is 868. The standard InChI is InChI=1S/C16H16ClFN2O3S2/c17-14-8-9-15(24-14)25(22,23)20-10-2-1-3-13(20)16(21)19-12-6-4-11(18)5-7-12/h4-9,13H,1-3,10H2,(H,19,21)/t13-/m1/s1. The zero-order valence-corrected chi connectivity index (χ0v) is 15.5. The van der Waals surface area contributed by atoms with Crippen LogP contribution in [-0.2, 0) is 14.8 Å². The van der Waals surface area contributed by atoms with Crippen molar-refractivity contribution in [1.29, 1.82) is 0 Å². The SMILES string of the molecule is O=C(Nc1ccc(F)cc1)[C@H]1CCCCN1S(=O)(=O)c1ccc(Cl)s1. The zero-order chi connectivity index (χ0) is 18.0. The number of halogens is 2. The maximum Gasteiger partial charge on any atom is 0.253 e. The van der Waals surface area contributed by atoms with Gasteiger partial charge >= 0.3 is 0 Å². The third-order valence-corrected chi connectivity index (χ3v) is 7.59. The van der Waals surface area contributed by atoms with Crippen molar-refractivity contribution >= 4 is 44.6 Å². The summed E-state index contributed by atoms with van der Waals surface area (Å²) in [5.41, 5.74) is 0.425. The van der Waals surface area contributed by atoms with Crippen LogP contribution in [0.4, 0.5) is 10.1 Å². The van der Waals surface area contributed by atoms with Gasteiger partial charge < -0.3 is 5.32 Å². The molecule has 1 aromatic carbocycles. The van der Waals surface area contributed by atoms with E-state index in [9.17, 15) is 17.6 Å². The lowest BCUT2D eigenvalue weighted by Crippen LogP contribution is -2.49. The van der Waals surface area contributed by atoms with Crippen LogP contribution in [0, 0.1) is 5.82 Å². The van der Waals surface area contributed by atoms with E-state index in [0.717, 1.165) is 17.8 Å². The number of carbonyl (C=O) groups excluding carboxylic acids is 1. The summed E-state index contributed by atoms with van der Waals surface area (Å²) >= 11 is 6.82. The van der Waals surface area contributed by atoms with Crippen LogP contribution in [0.5, 0.6) is 0 Å². The van der Waals surface area contributed by atoms with Crippen molar-refractivity contribution in [2.24, 2.45) is 0 Å². The van der Waals surface area contributed by atoms with Crippen LogP contribution in [0.2, 0.25) is 4.34 Å². The van der Waals surface area contributed by atoms with E-state index >= 15 is 0 Å². The Labute approximate surface area is 154 Å². The summed E-state index contributed by atoms with van der Waals surface area (Å²) in [7, 11) is -3.79. The van der Waals surface area contributed by atoms with Crippen LogP contribution in [-0.4, -0.2) is 31.2 Å². The van der Waals surface area contributed by atoms with Gasteiger partial charge in [-0.3, -0.25) is 4.79 Å². The molecule has 0 saturated carbocycles. The van der Waals surface area contributed by atoms with Crippen molar-refractivity contribution in [3.05, 3.63) is 46.6 Å². The summed E-state index contributed by atoms with van der Waals surface area (Å²) in [6.07, 6.45) is 1.89. The van der Waals surface area contributed by atoms with Crippen LogP contribution >= 0.6 is 22.9 Å². The number of hydrogen-bond donors (Lipinski definition) is 1. The van der Waals surface area contributed by atoms with Gasteiger partial charge in [-0.25, -0.2) is 12.8 Å². The normalized spacial score (nSPS) is 18.9. The number of carbonyl (C=O) groups is 1. The average molecular weight is 403 g/mol. The van der Waals surface area contributed by atoms with Crippen LogP contribution < -0.4 is 5.32 Å². The minimum atomic E-state index is -3.79. The predicted molar refractivity (Wildman–Crippen MR) is 95.9 cm³/mol. The molecule has 1 N–H and O–H groups in total. The molecular formula is C16H16ClFN2O3S2. The van der Waals surface area contributed by atoms with Crippen molar-refractivity contribution in [1.82, 2.24) is 4.31 Å². The third kappa shape index (κ3) is 4.03. The lowest BCUT2D eigenvalue weighted by Gasteiger charge is -2.33. The molecule has 3 rings (SSSR count). The van der Waals surface area contributed by atoms with Crippen LogP contribution in [0.3, 0.4) is 0 Å². The predicted octanol–water partition coefficient (Wildman–Crippen LogP) is 3.72. The number of piperidine rings is 1. The topological polar surface area (TPSA) is 66.5 Å². The number of anilines is 1. The number of rotatable bonds is 4. The first-order valence-electron chi connectivity index (χ1n) is 7.71. The highest BCUT2D eigenvalue weighted by Crippen LogP contribution is 2.32. The minimum Gasteiger partial charge on any atom is -0.325 e. The molecule has 1 saturated heterocycles. The highest BCUT2D eigenvalue weighted by atomic mass is 35.5. The van der Waals surface area contributed by atoms with E-state index in [1.807, 2.05) is 0 Å². The number of hydrogen-bond acceptors (Lipinski definition) is 4. The first-order valence-corrected chi connectivity index (χ1v) is 10.3. The van der Waals surface area contributed by atoms with Gasteiger partial charge in [-0.2, -0.15) is 4.31 Å². The van der Waals surface area contributed by atoms with Crippen molar-refractivity contribution in [2.75, 3.05) is 11.9 Å². The summed E-state index contributed by atoms with van der Waals surface area (Å²) in [5.74, 6) is -0.827. The van der Waals surface area contributed by atoms with Crippen LogP contribution in [0.25, 0.3) is 0 Å². The largest absolute Gasteiger partial charge is 0.325 e. The van der Waals surface area contributed by atoms with E-state index in [2.05, 4.69) is 5.32 Å². The molecule has 0 radical (unpaired) electrons. The van der Waals surface area contributed by atoms with Gasteiger partial charge in [0.2, 0.25) is 5.91 Å². The van der Waals surface area contributed by atoms with Gasteiger partial charge in [0.15, 0.2) is 0 Å². The van der Waals surface area contributed by atoms with Crippen molar-refractivity contribution in [3.8, 4) is 0 Å². The molecule has 2 aromatic rings. The molecule has 0 aliphatic carbocycles. The van der Waals surface area contributed by atoms with Gasteiger partial charge in [-0.15, -0.1) is 11.3 Å². The summed E-state index contributed by atoms with van der Waals surface area (Å²) in [5, 5.41) is 2.66. The van der Waals surface area contributed by atoms with Crippen LogP contribution in [0.1, 0.15) is 19.3 Å². The highest BCUT2D eigenvalue weighted by Gasteiger charge is 2.38. The van der Waals surface area contributed by atoms with E-state index in [0.29, 0.717) is 22.9 Å². The van der Waals surface area contributed by atoms with Gasteiger partial charge in [-0.05, 0) is 49.2 Å². The number of benzene rings is 1. The molecule has 25 heavy (non-hydrogen) atoms. The Morgan fingerprint density at radius 3 is 2.56 bits per heavy atom. The molecule has 1 aliphatic rings. The van der Waals surface area contributed by atoms with E-state index in [4.69, 9.17) is 11.6 Å². The van der Waals surface area contributed by atoms with E-state index in [1.54, 1.807) is 0 Å². The maximum absolute atomic E-state index is 13.0. The van der Waals surface area contributed by atoms with E-state index in [-0.39, 0.29) is 10.8 Å². The van der Waals surface area contributed by atoms with E-state index < -0.39 is 27.8 Å². The fourth-order valence-corrected chi connectivity index (χ4v) is 6.03. The van der Waals surface area contributed by atoms with Gasteiger partial charge in [0.25, 0.3) is 10.0 Å². The molecule has 2 heterocycles. The fourth-order valence-electron chi connectivity index (χ4n) is 2.77. The monoisotopic (exact) mass is 402 g/mol. The Kier molecular flexibility index (Phi) is 5.43. The number of amides is 1. The summed E-state index contributed by atoms with van der Waals surface area (Å²) < 4.78 is 40.4. The smallest absolute Gasteiger partial charge is 0.253 e. The number of sulfonamides is 1. The molecule has 134 valence electrons. The maximum atomic E-state index is 13.0. The van der Waals surface area contributed by atoms with Crippen molar-refractivity contribution < 1.29 is 17.6 Å². The molecule has 0 unspecified atom stereocenters. The zero-order valence-electron chi connectivity index (χ0n) is 13.1. The molecule has 0 bridgehead atoms. The molecule has 1 aromatic heterocycles. The number of nitrogens with one attached hydrogen (secondary N) is 1. The Morgan fingerprint density at radius 1 is 1.20 bits per heavy atom. The number of thiophene rings is 1. The molecule has 5 nitrogen and oxygen atoms in total. The highest BCUT2D eigenvalue weighted by molar-refractivity contribution is 7.91. The molecule has 1 atom stereocenters. The average Bonchev–Trinajstić information content (AvgIpc) is 3.04. The van der Waals surface area contributed by atoms with E-state index in [1.165, 1.54) is 40.7 Å². The second-order valence-corrected chi connectivity index (χ2v) is 9.51. The minimum absolute atomic E-state index is 0.124. The Hall–Kier alpha value is -1.48. The Morgan fingerprint density at radius 2 is 1.92 bits per heavy atom. The molecule has 9 heteroatoms. The van der Waals surface area contributed by atoms with Crippen LogP contribution in [0.15, 0.2) is 40.6 Å². The first kappa shape index (κ1) is 18.3. The second-order valence-electron chi connectivity index (χ2n) is 5.68. The Balaban J connectivity index is 1.83. The van der Waals surface area contributed by atoms with Gasteiger partial charge in [0, 0.05) is 12.2 Å². The third-order valence-electron chi connectivity index (χ3n) is 3.98. The molecule has 1 aliphatic heterocycles. The molecule has 1 fully saturated rings. The fraction of sp³-hybridized carbons (Fsp3) is 0.312. The first-order chi connectivity index (χ1) is 11.9. The van der Waals surface area contributed by atoms with Crippen molar-refractivity contribution in [2.45, 2.75) is 29.5 Å². The molecule has 1 amide bonds. The van der Waals surface area contributed by atoms with Crippen molar-refractivity contribution in [3.63, 3.8) is 0 Å². The van der Waals surface area contributed by atoms with Gasteiger partial charge in [0.1, 0.15) is 16.1 Å². The van der Waals surface area contributed by atoms with Gasteiger partial charge in [-0.1, -0.05) is 18.0 Å². The quantitative estimate of drug-likeness (QED) is 0.847. The lowest BCUT2D eigenvalue weighted by atomic mass is 10.0. The summed E-state index contributed by atoms with van der Waals surface area (Å²) in [4.78, 5) is 12.6. The molecular weight excluding hydrogens is 387 g/mol. The van der Waals surface area contributed by atoms with Gasteiger partial charge in [0.05, 0.1) is 4.34 Å². The lowest BCUT2D eigenvalue weighted by molar-refractivity contribution is -0.120.